The van der Waals surface area contributed by atoms with E-state index in [0.717, 1.165) is 13.0 Å². The molecule has 5 heteroatoms. The van der Waals surface area contributed by atoms with Crippen LogP contribution < -0.4 is 10.6 Å². The molecule has 2 atom stereocenters. The van der Waals surface area contributed by atoms with Gasteiger partial charge in [-0.15, -0.1) is 0 Å². The molecular weight excluding hydrogens is 200 g/mol. The molecule has 4 nitrogen and oxygen atoms in total. The Morgan fingerprint density at radius 3 is 2.93 bits per heavy atom. The van der Waals surface area contributed by atoms with Gasteiger partial charge in [0.25, 0.3) is 0 Å². The molecule has 0 radical (unpaired) electrons. The summed E-state index contributed by atoms with van der Waals surface area (Å²) in [6.45, 7) is 1.70. The maximum absolute atomic E-state index is 11.2. The second kappa shape index (κ2) is 6.14. The summed E-state index contributed by atoms with van der Waals surface area (Å²) in [4.78, 5) is 11.2. The van der Waals surface area contributed by atoms with Gasteiger partial charge in [0.05, 0.1) is 0 Å². The second-order valence-corrected chi connectivity index (χ2v) is 5.10. The molecule has 2 N–H and O–H groups in total. The summed E-state index contributed by atoms with van der Waals surface area (Å²) in [5, 5.41) is 6.13. The third-order valence-electron chi connectivity index (χ3n) is 2.29. The zero-order valence-corrected chi connectivity index (χ0v) is 9.36. The Kier molecular flexibility index (Phi) is 5.11. The van der Waals surface area contributed by atoms with E-state index in [1.54, 1.807) is 6.26 Å². The third-order valence-corrected chi connectivity index (χ3v) is 2.96. The molecule has 0 aromatic heterocycles. The minimum Gasteiger partial charge on any atom is -0.354 e. The lowest BCUT2D eigenvalue weighted by Gasteiger charge is -2.23. The summed E-state index contributed by atoms with van der Waals surface area (Å²) in [5.74, 6) is 0.00501. The zero-order valence-electron chi connectivity index (χ0n) is 8.54. The quantitative estimate of drug-likeness (QED) is 0.676. The molecule has 0 saturated carbocycles. The van der Waals surface area contributed by atoms with Gasteiger partial charge in [0.2, 0.25) is 5.91 Å². The van der Waals surface area contributed by atoms with Gasteiger partial charge < -0.3 is 10.6 Å². The average molecular weight is 218 g/mol. The number of piperidine rings is 1. The van der Waals surface area contributed by atoms with Crippen LogP contribution in [0.25, 0.3) is 0 Å². The van der Waals surface area contributed by atoms with Gasteiger partial charge in [-0.2, -0.15) is 0 Å². The highest BCUT2D eigenvalue weighted by Gasteiger charge is 2.13. The van der Waals surface area contributed by atoms with Crippen LogP contribution in [0.5, 0.6) is 0 Å². The van der Waals surface area contributed by atoms with E-state index in [1.807, 2.05) is 0 Å². The SMILES string of the molecule is CS(=O)CC(=O)NCC1CCCCN1. The molecule has 1 rings (SSSR count). The monoisotopic (exact) mass is 218 g/mol. The molecule has 0 spiro atoms. The fraction of sp³-hybridized carbons (Fsp3) is 0.889. The number of rotatable bonds is 4. The van der Waals surface area contributed by atoms with Crippen molar-refractivity contribution < 1.29 is 9.00 Å². The molecule has 1 fully saturated rings. The highest BCUT2D eigenvalue weighted by Crippen LogP contribution is 2.05. The van der Waals surface area contributed by atoms with Gasteiger partial charge in [0.1, 0.15) is 5.75 Å². The Bertz CT molecular complexity index is 215. The first kappa shape index (κ1) is 11.7. The summed E-state index contributed by atoms with van der Waals surface area (Å²) in [6, 6.07) is 0.401. The van der Waals surface area contributed by atoms with Gasteiger partial charge in [-0.1, -0.05) is 6.42 Å². The van der Waals surface area contributed by atoms with E-state index < -0.39 is 10.8 Å². The normalized spacial score (nSPS) is 24.2. The van der Waals surface area contributed by atoms with Crippen LogP contribution in [0.4, 0.5) is 0 Å². The van der Waals surface area contributed by atoms with E-state index >= 15 is 0 Å². The van der Waals surface area contributed by atoms with Gasteiger partial charge in [-0.3, -0.25) is 9.00 Å². The number of nitrogens with one attached hydrogen (secondary N) is 2. The maximum Gasteiger partial charge on any atom is 0.232 e. The van der Waals surface area contributed by atoms with Crippen molar-refractivity contribution in [1.82, 2.24) is 10.6 Å². The highest BCUT2D eigenvalue weighted by atomic mass is 32.2. The Balaban J connectivity index is 2.12. The van der Waals surface area contributed by atoms with Crippen LogP contribution in [-0.4, -0.2) is 41.3 Å². The molecule has 0 aromatic rings. The molecule has 82 valence electrons. The van der Waals surface area contributed by atoms with Crippen LogP contribution >= 0.6 is 0 Å². The van der Waals surface area contributed by atoms with Crippen LogP contribution in [-0.2, 0) is 15.6 Å². The summed E-state index contributed by atoms with van der Waals surface area (Å²) >= 11 is 0. The van der Waals surface area contributed by atoms with Crippen molar-refractivity contribution in [1.29, 1.82) is 0 Å². The summed E-state index contributed by atoms with van der Waals surface area (Å²) in [5.41, 5.74) is 0. The Morgan fingerprint density at radius 1 is 1.57 bits per heavy atom. The van der Waals surface area contributed by atoms with Crippen molar-refractivity contribution in [3.63, 3.8) is 0 Å². The minimum atomic E-state index is -1.03. The van der Waals surface area contributed by atoms with Gasteiger partial charge >= 0.3 is 0 Å². The number of carbonyl (C=O) groups is 1. The molecule has 1 amide bonds. The van der Waals surface area contributed by atoms with Gasteiger partial charge in [0.15, 0.2) is 0 Å². The lowest BCUT2D eigenvalue weighted by molar-refractivity contribution is -0.118. The van der Waals surface area contributed by atoms with Crippen LogP contribution in [0.1, 0.15) is 19.3 Å². The van der Waals surface area contributed by atoms with Crippen molar-refractivity contribution in [2.45, 2.75) is 25.3 Å². The fourth-order valence-electron chi connectivity index (χ4n) is 1.57. The predicted octanol–water partition coefficient (Wildman–Crippen LogP) is -0.377. The Morgan fingerprint density at radius 2 is 2.36 bits per heavy atom. The van der Waals surface area contributed by atoms with Crippen LogP contribution in [0.3, 0.4) is 0 Å². The molecule has 0 aliphatic carbocycles. The molecule has 1 aliphatic rings. The van der Waals surface area contributed by atoms with Crippen molar-refractivity contribution in [3.05, 3.63) is 0 Å². The molecule has 1 heterocycles. The molecular formula is C9H18N2O2S. The minimum absolute atomic E-state index is 0.113. The van der Waals surface area contributed by atoms with Crippen LogP contribution in [0, 0.1) is 0 Å². The van der Waals surface area contributed by atoms with E-state index in [9.17, 15) is 9.00 Å². The molecule has 0 bridgehead atoms. The summed E-state index contributed by atoms with van der Waals surface area (Å²) < 4.78 is 10.7. The molecule has 1 saturated heterocycles. The standard InChI is InChI=1S/C9H18N2O2S/c1-14(13)7-9(12)11-6-8-4-2-3-5-10-8/h8,10H,2-7H2,1H3,(H,11,12). The molecule has 14 heavy (non-hydrogen) atoms. The lowest BCUT2D eigenvalue weighted by Crippen LogP contribution is -2.44. The Hall–Kier alpha value is -0.420. The maximum atomic E-state index is 11.2. The van der Waals surface area contributed by atoms with E-state index in [2.05, 4.69) is 10.6 Å². The van der Waals surface area contributed by atoms with Crippen molar-refractivity contribution in [2.75, 3.05) is 25.1 Å². The van der Waals surface area contributed by atoms with E-state index in [0.29, 0.717) is 12.6 Å². The van der Waals surface area contributed by atoms with Gasteiger partial charge in [-0.25, -0.2) is 0 Å². The van der Waals surface area contributed by atoms with Crippen molar-refractivity contribution in [3.8, 4) is 0 Å². The average Bonchev–Trinajstić information content (AvgIpc) is 2.15. The van der Waals surface area contributed by atoms with Gasteiger partial charge in [0, 0.05) is 29.6 Å². The first-order valence-corrected chi connectivity index (χ1v) is 6.71. The molecule has 1 aliphatic heterocycles. The van der Waals surface area contributed by atoms with E-state index in [1.165, 1.54) is 12.8 Å². The number of carbonyl (C=O) groups excluding carboxylic acids is 1. The summed E-state index contributed by atoms with van der Waals surface area (Å²) in [6.07, 6.45) is 5.12. The topological polar surface area (TPSA) is 58.2 Å². The highest BCUT2D eigenvalue weighted by molar-refractivity contribution is 7.85. The zero-order chi connectivity index (χ0) is 10.4. The fourth-order valence-corrected chi connectivity index (χ4v) is 2.04. The first-order valence-electron chi connectivity index (χ1n) is 4.98. The largest absolute Gasteiger partial charge is 0.354 e. The predicted molar refractivity (Wildman–Crippen MR) is 57.6 cm³/mol. The molecule has 0 aromatic carbocycles. The van der Waals surface area contributed by atoms with E-state index in [4.69, 9.17) is 0 Å². The third kappa shape index (κ3) is 4.72. The van der Waals surface area contributed by atoms with Crippen molar-refractivity contribution >= 4 is 16.7 Å². The second-order valence-electron chi connectivity index (χ2n) is 3.67. The van der Waals surface area contributed by atoms with Crippen LogP contribution in [0.2, 0.25) is 0 Å². The summed E-state index contributed by atoms with van der Waals surface area (Å²) in [7, 11) is -1.03. The first-order chi connectivity index (χ1) is 6.68. The van der Waals surface area contributed by atoms with Gasteiger partial charge in [-0.05, 0) is 19.4 Å². The number of hydrogen-bond donors (Lipinski definition) is 2. The lowest BCUT2D eigenvalue weighted by atomic mass is 10.1. The molecule has 2 unspecified atom stereocenters. The number of amides is 1. The number of hydrogen-bond acceptors (Lipinski definition) is 3. The van der Waals surface area contributed by atoms with Crippen LogP contribution in [0.15, 0.2) is 0 Å². The van der Waals surface area contributed by atoms with Crippen molar-refractivity contribution in [2.24, 2.45) is 0 Å². The Labute approximate surface area is 87.3 Å². The smallest absolute Gasteiger partial charge is 0.232 e. The van der Waals surface area contributed by atoms with E-state index in [-0.39, 0.29) is 11.7 Å².